The summed E-state index contributed by atoms with van der Waals surface area (Å²) in [5.74, 6) is 1.02. The van der Waals surface area contributed by atoms with E-state index >= 15 is 0 Å². The Morgan fingerprint density at radius 2 is 2.24 bits per heavy atom. The van der Waals surface area contributed by atoms with Gasteiger partial charge in [0.2, 0.25) is 5.95 Å². The fourth-order valence-electron chi connectivity index (χ4n) is 4.05. The van der Waals surface area contributed by atoms with Gasteiger partial charge in [0, 0.05) is 44.2 Å². The second-order valence-electron chi connectivity index (χ2n) is 7.43. The summed E-state index contributed by atoms with van der Waals surface area (Å²) in [6.45, 7) is 3.49. The van der Waals surface area contributed by atoms with E-state index in [9.17, 15) is 9.50 Å². The molecule has 0 saturated carbocycles. The Morgan fingerprint density at radius 1 is 1.34 bits per heavy atom. The van der Waals surface area contributed by atoms with Crippen molar-refractivity contribution < 1.29 is 9.50 Å². The first kappa shape index (κ1) is 19.6. The molecule has 0 amide bonds. The van der Waals surface area contributed by atoms with Crippen molar-refractivity contribution in [2.45, 2.75) is 51.6 Å². The average molecular weight is 398 g/mol. The summed E-state index contributed by atoms with van der Waals surface area (Å²) in [4.78, 5) is 11.2. The Morgan fingerprint density at radius 3 is 3.00 bits per heavy atom. The van der Waals surface area contributed by atoms with Crippen LogP contribution in [0.3, 0.4) is 0 Å². The molecule has 29 heavy (non-hydrogen) atoms. The molecule has 3 aromatic heterocycles. The molecule has 1 saturated heterocycles. The number of piperidine rings is 1. The number of fused-ring (bicyclic) bond motifs is 1. The van der Waals surface area contributed by atoms with E-state index < -0.39 is 5.95 Å². The molecule has 4 heterocycles. The largest absolute Gasteiger partial charge is 0.396 e. The first-order chi connectivity index (χ1) is 14.2. The summed E-state index contributed by atoms with van der Waals surface area (Å²) in [6.07, 6.45) is 8.03. The van der Waals surface area contributed by atoms with Crippen LogP contribution >= 0.6 is 0 Å². The monoisotopic (exact) mass is 398 g/mol. The average Bonchev–Trinajstić information content (AvgIpc) is 3.08. The molecule has 1 aliphatic rings. The van der Waals surface area contributed by atoms with E-state index in [1.807, 2.05) is 25.1 Å². The molecule has 1 unspecified atom stereocenters. The van der Waals surface area contributed by atoms with Crippen LogP contribution in [-0.2, 0) is 13.0 Å². The van der Waals surface area contributed by atoms with Crippen molar-refractivity contribution >= 4 is 17.3 Å². The normalized spacial score (nSPS) is 17.1. The van der Waals surface area contributed by atoms with Crippen LogP contribution in [-0.4, -0.2) is 43.9 Å². The number of nitrogens with one attached hydrogen (secondary N) is 1. The van der Waals surface area contributed by atoms with E-state index in [-0.39, 0.29) is 12.6 Å². The molecule has 1 fully saturated rings. The maximum absolute atomic E-state index is 14.5. The Labute approximate surface area is 169 Å². The molecule has 0 bridgehead atoms. The van der Waals surface area contributed by atoms with Gasteiger partial charge in [0.05, 0.1) is 5.56 Å². The summed E-state index contributed by atoms with van der Waals surface area (Å²) < 4.78 is 16.0. The number of aromatic nitrogens is 4. The summed E-state index contributed by atoms with van der Waals surface area (Å²) >= 11 is 0. The standard InChI is InChI=1S/C21H27FN6O/c1-2-17-20(22)26-28-18(24-14-15-6-5-9-23-13-15)12-19(25-21(17)28)27-10-4-3-7-16(27)8-11-29/h5-6,9,12-13,16,24,29H,2-4,7-8,10-11,14H2,1H3. The van der Waals surface area contributed by atoms with Crippen LogP contribution in [0, 0.1) is 5.95 Å². The lowest BCUT2D eigenvalue weighted by Gasteiger charge is -2.36. The van der Waals surface area contributed by atoms with Crippen molar-refractivity contribution in [3.63, 3.8) is 0 Å². The number of aryl methyl sites for hydroxylation is 1. The molecule has 1 aliphatic heterocycles. The van der Waals surface area contributed by atoms with E-state index in [1.165, 1.54) is 0 Å². The van der Waals surface area contributed by atoms with E-state index in [1.54, 1.807) is 16.9 Å². The maximum Gasteiger partial charge on any atom is 0.238 e. The van der Waals surface area contributed by atoms with Crippen LogP contribution in [0.4, 0.5) is 16.0 Å². The summed E-state index contributed by atoms with van der Waals surface area (Å²) in [7, 11) is 0. The quantitative estimate of drug-likeness (QED) is 0.636. The second kappa shape index (κ2) is 8.73. The summed E-state index contributed by atoms with van der Waals surface area (Å²) in [6, 6.07) is 6.06. The zero-order valence-corrected chi connectivity index (χ0v) is 16.7. The van der Waals surface area contributed by atoms with Gasteiger partial charge in [-0.25, -0.2) is 4.98 Å². The highest BCUT2D eigenvalue weighted by molar-refractivity contribution is 5.61. The Kier molecular flexibility index (Phi) is 5.89. The molecular formula is C21H27FN6O. The molecule has 154 valence electrons. The van der Waals surface area contributed by atoms with Gasteiger partial charge in [-0.3, -0.25) is 4.98 Å². The van der Waals surface area contributed by atoms with E-state index in [2.05, 4.69) is 20.3 Å². The summed E-state index contributed by atoms with van der Waals surface area (Å²) in [5.41, 5.74) is 2.09. The lowest BCUT2D eigenvalue weighted by atomic mass is 9.99. The SMILES string of the molecule is CCc1c(F)nn2c(NCc3cccnc3)cc(N3CCCCC3CCO)nc12. The maximum atomic E-state index is 14.5. The Hall–Kier alpha value is -2.74. The molecule has 3 aromatic rings. The molecule has 0 aliphatic carbocycles. The van der Waals surface area contributed by atoms with Gasteiger partial charge in [-0.15, -0.1) is 5.10 Å². The molecule has 0 spiro atoms. The molecule has 2 N–H and O–H groups in total. The van der Waals surface area contributed by atoms with Gasteiger partial charge in [-0.1, -0.05) is 13.0 Å². The number of nitrogens with zero attached hydrogens (tertiary/aromatic N) is 5. The molecule has 1 atom stereocenters. The van der Waals surface area contributed by atoms with Crippen LogP contribution in [0.2, 0.25) is 0 Å². The summed E-state index contributed by atoms with van der Waals surface area (Å²) in [5, 5.41) is 16.9. The predicted octanol–water partition coefficient (Wildman–Crippen LogP) is 3.18. The number of anilines is 2. The van der Waals surface area contributed by atoms with E-state index in [0.29, 0.717) is 36.4 Å². The molecule has 7 nitrogen and oxygen atoms in total. The topological polar surface area (TPSA) is 78.6 Å². The van der Waals surface area contributed by atoms with Gasteiger partial charge in [-0.2, -0.15) is 8.91 Å². The number of aliphatic hydroxyl groups is 1. The van der Waals surface area contributed by atoms with Gasteiger partial charge in [0.15, 0.2) is 5.65 Å². The number of halogens is 1. The predicted molar refractivity (Wildman–Crippen MR) is 111 cm³/mol. The first-order valence-electron chi connectivity index (χ1n) is 10.3. The van der Waals surface area contributed by atoms with Crippen molar-refractivity contribution in [3.8, 4) is 0 Å². The number of hydrogen-bond acceptors (Lipinski definition) is 6. The highest BCUT2D eigenvalue weighted by Gasteiger charge is 2.25. The smallest absolute Gasteiger partial charge is 0.238 e. The van der Waals surface area contributed by atoms with Crippen molar-refractivity contribution in [1.29, 1.82) is 0 Å². The number of hydrogen-bond donors (Lipinski definition) is 2. The van der Waals surface area contributed by atoms with Crippen molar-refractivity contribution in [2.24, 2.45) is 0 Å². The fourth-order valence-corrected chi connectivity index (χ4v) is 4.05. The van der Waals surface area contributed by atoms with Crippen LogP contribution in [0.1, 0.15) is 43.7 Å². The van der Waals surface area contributed by atoms with Gasteiger partial charge in [0.25, 0.3) is 0 Å². The minimum Gasteiger partial charge on any atom is -0.396 e. The molecular weight excluding hydrogens is 371 g/mol. The van der Waals surface area contributed by atoms with Crippen molar-refractivity contribution in [1.82, 2.24) is 19.6 Å². The highest BCUT2D eigenvalue weighted by atomic mass is 19.1. The molecule has 4 rings (SSSR count). The van der Waals surface area contributed by atoms with Crippen LogP contribution < -0.4 is 10.2 Å². The van der Waals surface area contributed by atoms with Gasteiger partial charge < -0.3 is 15.3 Å². The zero-order valence-electron chi connectivity index (χ0n) is 16.7. The Bertz CT molecular complexity index is 959. The van der Waals surface area contributed by atoms with E-state index in [0.717, 1.165) is 37.2 Å². The lowest BCUT2D eigenvalue weighted by Crippen LogP contribution is -2.40. The van der Waals surface area contributed by atoms with Gasteiger partial charge >= 0.3 is 0 Å². The number of pyridine rings is 1. The second-order valence-corrected chi connectivity index (χ2v) is 7.43. The fraction of sp³-hybridized carbons (Fsp3) is 0.476. The van der Waals surface area contributed by atoms with Gasteiger partial charge in [-0.05, 0) is 43.7 Å². The third-order valence-corrected chi connectivity index (χ3v) is 5.56. The minimum atomic E-state index is -0.480. The van der Waals surface area contributed by atoms with Crippen molar-refractivity contribution in [3.05, 3.63) is 47.7 Å². The molecule has 0 aromatic carbocycles. The van der Waals surface area contributed by atoms with Crippen LogP contribution in [0.15, 0.2) is 30.6 Å². The minimum absolute atomic E-state index is 0.150. The van der Waals surface area contributed by atoms with Gasteiger partial charge in [0.1, 0.15) is 11.6 Å². The Balaban J connectivity index is 1.74. The third-order valence-electron chi connectivity index (χ3n) is 5.56. The zero-order chi connectivity index (χ0) is 20.2. The van der Waals surface area contributed by atoms with Crippen molar-refractivity contribution in [2.75, 3.05) is 23.4 Å². The van der Waals surface area contributed by atoms with Crippen LogP contribution in [0.5, 0.6) is 0 Å². The first-order valence-corrected chi connectivity index (χ1v) is 10.3. The van der Waals surface area contributed by atoms with E-state index in [4.69, 9.17) is 4.98 Å². The molecule has 0 radical (unpaired) electrons. The third kappa shape index (κ3) is 4.03. The number of rotatable bonds is 7. The van der Waals surface area contributed by atoms with Crippen LogP contribution in [0.25, 0.3) is 5.65 Å². The lowest BCUT2D eigenvalue weighted by molar-refractivity contribution is 0.262. The molecule has 8 heteroatoms. The number of aliphatic hydroxyl groups excluding tert-OH is 1. The highest BCUT2D eigenvalue weighted by Crippen LogP contribution is 2.29.